The van der Waals surface area contributed by atoms with Gasteiger partial charge in [-0.1, -0.05) is 60.6 Å². The Morgan fingerprint density at radius 1 is 1.27 bits per heavy atom. The second kappa shape index (κ2) is 8.60. The molecule has 4 rings (SSSR count). The monoisotopic (exact) mass is 504 g/mol. The van der Waals surface area contributed by atoms with Crippen LogP contribution in [-0.2, 0) is 12.8 Å². The number of fused-ring (bicyclic) bond motifs is 3. The van der Waals surface area contributed by atoms with Gasteiger partial charge in [0.25, 0.3) is 0 Å². The normalized spacial score (nSPS) is 16.5. The Hall–Kier alpha value is -1.44. The average Bonchev–Trinajstić information content (AvgIpc) is 3.09. The maximum absolute atomic E-state index is 12.6. The van der Waals surface area contributed by atoms with Crippen LogP contribution in [0.5, 0.6) is 5.88 Å². The van der Waals surface area contributed by atoms with Crippen LogP contribution in [0.2, 0.25) is 0 Å². The van der Waals surface area contributed by atoms with Crippen LogP contribution in [0.3, 0.4) is 0 Å². The van der Waals surface area contributed by atoms with Gasteiger partial charge >= 0.3 is 0 Å². The van der Waals surface area contributed by atoms with E-state index in [1.165, 1.54) is 22.2 Å². The predicted molar refractivity (Wildman–Crippen MR) is 128 cm³/mol. The number of halogens is 1. The van der Waals surface area contributed by atoms with Crippen LogP contribution in [0.25, 0.3) is 10.2 Å². The van der Waals surface area contributed by atoms with Crippen LogP contribution in [0.1, 0.15) is 48.0 Å². The van der Waals surface area contributed by atoms with Gasteiger partial charge in [-0.2, -0.15) is 4.98 Å². The molecule has 0 aliphatic heterocycles. The van der Waals surface area contributed by atoms with Crippen molar-refractivity contribution < 1.29 is 9.53 Å². The van der Waals surface area contributed by atoms with Crippen molar-refractivity contribution in [2.24, 2.45) is 11.3 Å². The average molecular weight is 506 g/mol. The van der Waals surface area contributed by atoms with Gasteiger partial charge in [0.2, 0.25) is 5.88 Å². The van der Waals surface area contributed by atoms with Gasteiger partial charge in [-0.15, -0.1) is 11.3 Å². The molecule has 1 aromatic carbocycles. The summed E-state index contributed by atoms with van der Waals surface area (Å²) in [5.74, 6) is 1.15. The molecule has 0 N–H and O–H groups in total. The molecule has 0 spiro atoms. The molecule has 0 saturated carbocycles. The van der Waals surface area contributed by atoms with Gasteiger partial charge in [0.1, 0.15) is 4.83 Å². The summed E-state index contributed by atoms with van der Waals surface area (Å²) in [6.45, 7) is 6.94. The number of Topliss-reactive ketones (excluding diaryl/α,β-unsaturated/α-hetero) is 1. The number of carbonyl (C=O) groups excluding carboxylic acids is 1. The number of hydrogen-bond acceptors (Lipinski definition) is 6. The molecule has 30 heavy (non-hydrogen) atoms. The van der Waals surface area contributed by atoms with Crippen molar-refractivity contribution in [1.29, 1.82) is 0 Å². The van der Waals surface area contributed by atoms with Gasteiger partial charge in [0, 0.05) is 14.9 Å². The SMILES string of the molecule is CSc1nc(OCC(=O)c2ccc(Br)cc2)c2c3c(sc2n1)CC(C(C)(C)C)CC3. The minimum atomic E-state index is -0.0585. The number of nitrogens with zero attached hydrogens (tertiary/aromatic N) is 2. The summed E-state index contributed by atoms with van der Waals surface area (Å²) in [4.78, 5) is 24.3. The molecule has 0 amide bonds. The van der Waals surface area contributed by atoms with E-state index >= 15 is 0 Å². The van der Waals surface area contributed by atoms with Crippen LogP contribution >= 0.6 is 39.0 Å². The molecule has 0 bridgehead atoms. The fraction of sp³-hybridized carbons (Fsp3) is 0.435. The number of aromatic nitrogens is 2. The number of carbonyl (C=O) groups is 1. The van der Waals surface area contributed by atoms with Crippen molar-refractivity contribution in [3.63, 3.8) is 0 Å². The van der Waals surface area contributed by atoms with Gasteiger partial charge < -0.3 is 4.74 Å². The van der Waals surface area contributed by atoms with Crippen molar-refractivity contribution in [3.05, 3.63) is 44.7 Å². The van der Waals surface area contributed by atoms with Crippen LogP contribution in [0.15, 0.2) is 33.9 Å². The molecular weight excluding hydrogens is 480 g/mol. The summed E-state index contributed by atoms with van der Waals surface area (Å²) in [6.07, 6.45) is 5.20. The zero-order valence-electron chi connectivity index (χ0n) is 17.6. The lowest BCUT2D eigenvalue weighted by atomic mass is 9.72. The molecule has 2 aromatic heterocycles. The third-order valence-corrected chi connectivity index (χ3v) is 7.99. The van der Waals surface area contributed by atoms with E-state index in [0.29, 0.717) is 27.9 Å². The van der Waals surface area contributed by atoms with Crippen LogP contribution < -0.4 is 4.74 Å². The topological polar surface area (TPSA) is 52.1 Å². The van der Waals surface area contributed by atoms with E-state index in [2.05, 4.69) is 41.7 Å². The van der Waals surface area contributed by atoms with Gasteiger partial charge in [0.15, 0.2) is 17.5 Å². The first-order valence-corrected chi connectivity index (χ1v) is 12.9. The number of benzene rings is 1. The Morgan fingerprint density at radius 2 is 2.00 bits per heavy atom. The molecule has 7 heteroatoms. The Bertz CT molecular complexity index is 1090. The fourth-order valence-corrected chi connectivity index (χ4v) is 5.88. The molecule has 158 valence electrons. The Morgan fingerprint density at radius 3 is 2.67 bits per heavy atom. The van der Waals surface area contributed by atoms with Crippen LogP contribution in [0, 0.1) is 11.3 Å². The highest BCUT2D eigenvalue weighted by molar-refractivity contribution is 9.10. The lowest BCUT2D eigenvalue weighted by molar-refractivity contribution is 0.0918. The molecule has 0 radical (unpaired) electrons. The summed E-state index contributed by atoms with van der Waals surface area (Å²) in [6, 6.07) is 7.33. The summed E-state index contributed by atoms with van der Waals surface area (Å²) >= 11 is 6.66. The van der Waals surface area contributed by atoms with Crippen molar-refractivity contribution in [1.82, 2.24) is 9.97 Å². The first-order chi connectivity index (χ1) is 14.3. The largest absolute Gasteiger partial charge is 0.469 e. The lowest BCUT2D eigenvalue weighted by Gasteiger charge is -2.33. The van der Waals surface area contributed by atoms with Gasteiger partial charge in [0.05, 0.1) is 5.39 Å². The summed E-state index contributed by atoms with van der Waals surface area (Å²) in [5, 5.41) is 1.68. The molecule has 1 aliphatic rings. The Balaban J connectivity index is 1.65. The van der Waals surface area contributed by atoms with Crippen LogP contribution in [-0.4, -0.2) is 28.6 Å². The number of ether oxygens (including phenoxy) is 1. The van der Waals surface area contributed by atoms with E-state index in [-0.39, 0.29) is 12.4 Å². The first kappa shape index (κ1) is 21.8. The second-order valence-corrected chi connectivity index (χ2v) is 11.5. The van der Waals surface area contributed by atoms with Gasteiger partial charge in [-0.25, -0.2) is 4.98 Å². The van der Waals surface area contributed by atoms with E-state index in [9.17, 15) is 4.79 Å². The van der Waals surface area contributed by atoms with E-state index in [4.69, 9.17) is 9.72 Å². The Kier molecular flexibility index (Phi) is 6.24. The molecule has 2 heterocycles. The minimum Gasteiger partial charge on any atom is -0.469 e. The van der Waals surface area contributed by atoms with E-state index < -0.39 is 0 Å². The predicted octanol–water partition coefficient (Wildman–Crippen LogP) is 6.59. The highest BCUT2D eigenvalue weighted by Crippen LogP contribution is 2.45. The first-order valence-electron chi connectivity index (χ1n) is 10.0. The smallest absolute Gasteiger partial charge is 0.227 e. The van der Waals surface area contributed by atoms with Gasteiger partial charge in [-0.05, 0) is 54.5 Å². The standard InChI is InChI=1S/C23H25BrN2O2S2/c1-23(2,3)14-7-10-16-18(11-14)30-21-19(16)20(25-22(26-21)29-4)28-12-17(27)13-5-8-15(24)9-6-13/h5-6,8-9,14H,7,10-12H2,1-4H3. The maximum atomic E-state index is 12.6. The number of ketones is 1. The van der Waals surface area contributed by atoms with Crippen LogP contribution in [0.4, 0.5) is 0 Å². The van der Waals surface area contributed by atoms with Gasteiger partial charge in [-0.3, -0.25) is 4.79 Å². The number of aryl methyl sites for hydroxylation is 1. The lowest BCUT2D eigenvalue weighted by Crippen LogP contribution is -2.26. The van der Waals surface area contributed by atoms with Crippen molar-refractivity contribution in [3.8, 4) is 5.88 Å². The number of thioether (sulfide) groups is 1. The Labute approximate surface area is 194 Å². The molecule has 0 saturated heterocycles. The molecule has 1 unspecified atom stereocenters. The molecule has 4 nitrogen and oxygen atoms in total. The number of thiophene rings is 1. The molecule has 1 atom stereocenters. The fourth-order valence-electron chi connectivity index (χ4n) is 3.91. The molecule has 3 aromatic rings. The minimum absolute atomic E-state index is 0.0309. The molecule has 0 fully saturated rings. The highest BCUT2D eigenvalue weighted by atomic mass is 79.9. The summed E-state index contributed by atoms with van der Waals surface area (Å²) < 4.78 is 6.95. The zero-order chi connectivity index (χ0) is 21.5. The van der Waals surface area contributed by atoms with Crippen molar-refractivity contribution in [2.75, 3.05) is 12.9 Å². The number of hydrogen-bond donors (Lipinski definition) is 0. The zero-order valence-corrected chi connectivity index (χ0v) is 20.8. The number of rotatable bonds is 5. The van der Waals surface area contributed by atoms with E-state index in [0.717, 1.165) is 34.0 Å². The molecular formula is C23H25BrN2O2S2. The molecule has 1 aliphatic carbocycles. The summed E-state index contributed by atoms with van der Waals surface area (Å²) in [7, 11) is 0. The highest BCUT2D eigenvalue weighted by Gasteiger charge is 2.32. The summed E-state index contributed by atoms with van der Waals surface area (Å²) in [5.41, 5.74) is 2.24. The maximum Gasteiger partial charge on any atom is 0.227 e. The van der Waals surface area contributed by atoms with Crippen molar-refractivity contribution >= 4 is 55.0 Å². The second-order valence-electron chi connectivity index (χ2n) is 8.72. The quantitative estimate of drug-likeness (QED) is 0.223. The third-order valence-electron chi connectivity index (χ3n) is 5.77. The van der Waals surface area contributed by atoms with E-state index in [1.54, 1.807) is 23.5 Å². The van der Waals surface area contributed by atoms with Crippen molar-refractivity contribution in [2.45, 2.75) is 45.2 Å². The van der Waals surface area contributed by atoms with E-state index in [1.807, 2.05) is 18.4 Å². The third kappa shape index (κ3) is 4.43.